The molecule has 6 heteroatoms. The smallest absolute Gasteiger partial charge is 0.250 e. The van der Waals surface area contributed by atoms with Crippen LogP contribution in [0.1, 0.15) is 29.5 Å². The average molecular weight is 528 g/mol. The molecule has 0 amide bonds. The molecule has 0 spiro atoms. The van der Waals surface area contributed by atoms with Crippen LogP contribution in [0.2, 0.25) is 0 Å². The Hall–Kier alpha value is -2.61. The highest BCUT2D eigenvalue weighted by Crippen LogP contribution is 2.47. The summed E-state index contributed by atoms with van der Waals surface area (Å²) in [4.78, 5) is 16.2. The van der Waals surface area contributed by atoms with Crippen molar-refractivity contribution in [3.05, 3.63) is 106 Å². The molecule has 0 bridgehead atoms. The minimum absolute atomic E-state index is 0. The summed E-state index contributed by atoms with van der Waals surface area (Å²) in [6.45, 7) is 2.17. The maximum atomic E-state index is 11.9. The lowest BCUT2D eigenvalue weighted by Gasteiger charge is -2.19. The molecule has 1 aromatic heterocycles. The van der Waals surface area contributed by atoms with Crippen molar-refractivity contribution in [2.24, 2.45) is 4.99 Å². The first-order chi connectivity index (χ1) is 14.7. The number of nitrogens with one attached hydrogen (secondary N) is 2. The highest BCUT2D eigenvalue weighted by molar-refractivity contribution is 14.0. The second-order valence-electron chi connectivity index (χ2n) is 7.91. The van der Waals surface area contributed by atoms with Crippen LogP contribution in [0.25, 0.3) is 0 Å². The largest absolute Gasteiger partial charge is 0.356 e. The fourth-order valence-corrected chi connectivity index (χ4v) is 3.72. The van der Waals surface area contributed by atoms with Gasteiger partial charge in [0, 0.05) is 37.8 Å². The Balaban J connectivity index is 0.00000272. The van der Waals surface area contributed by atoms with Gasteiger partial charge in [-0.25, -0.2) is 0 Å². The van der Waals surface area contributed by atoms with Crippen molar-refractivity contribution in [1.82, 2.24) is 15.2 Å². The van der Waals surface area contributed by atoms with Crippen LogP contribution in [0.3, 0.4) is 0 Å². The highest BCUT2D eigenvalue weighted by atomic mass is 127. The molecule has 31 heavy (non-hydrogen) atoms. The van der Waals surface area contributed by atoms with Gasteiger partial charge in [-0.3, -0.25) is 9.79 Å². The molecule has 3 aromatic rings. The molecule has 1 fully saturated rings. The van der Waals surface area contributed by atoms with Gasteiger partial charge >= 0.3 is 0 Å². The standard InChI is InChI=1S/C25H28N4O.HI/c1-26-24(28-19-25(14-15-25)22-7-3-2-4-8-22)27-17-20-10-12-21(13-11-20)18-29-16-6-5-9-23(29)30;/h2-13,16H,14-15,17-19H2,1H3,(H2,26,27,28);1H. The maximum absolute atomic E-state index is 11.9. The van der Waals surface area contributed by atoms with Gasteiger partial charge in [0.1, 0.15) is 0 Å². The average Bonchev–Trinajstić information content (AvgIpc) is 3.58. The van der Waals surface area contributed by atoms with E-state index < -0.39 is 0 Å². The third-order valence-electron chi connectivity index (χ3n) is 5.79. The van der Waals surface area contributed by atoms with E-state index in [2.05, 4.69) is 70.2 Å². The number of aromatic nitrogens is 1. The Morgan fingerprint density at radius 1 is 0.935 bits per heavy atom. The first kappa shape index (κ1) is 23.1. The van der Waals surface area contributed by atoms with Crippen molar-refractivity contribution in [1.29, 1.82) is 0 Å². The molecule has 0 atom stereocenters. The van der Waals surface area contributed by atoms with Gasteiger partial charge in [-0.1, -0.05) is 60.7 Å². The number of halogens is 1. The van der Waals surface area contributed by atoms with Crippen molar-refractivity contribution >= 4 is 29.9 Å². The van der Waals surface area contributed by atoms with Gasteiger partial charge < -0.3 is 15.2 Å². The van der Waals surface area contributed by atoms with Gasteiger partial charge in [0.15, 0.2) is 5.96 Å². The minimum Gasteiger partial charge on any atom is -0.356 e. The Morgan fingerprint density at radius 3 is 2.26 bits per heavy atom. The fraction of sp³-hybridized carbons (Fsp3) is 0.280. The molecule has 1 saturated carbocycles. The Morgan fingerprint density at radius 2 is 1.61 bits per heavy atom. The maximum Gasteiger partial charge on any atom is 0.250 e. The molecule has 0 aliphatic heterocycles. The Kier molecular flexibility index (Phi) is 7.90. The van der Waals surface area contributed by atoms with Crippen LogP contribution < -0.4 is 16.2 Å². The molecule has 1 heterocycles. The molecule has 1 aliphatic rings. The molecule has 1 aliphatic carbocycles. The summed E-state index contributed by atoms with van der Waals surface area (Å²) in [6, 6.07) is 24.3. The number of guanidine groups is 1. The zero-order valence-electron chi connectivity index (χ0n) is 17.8. The van der Waals surface area contributed by atoms with E-state index in [1.54, 1.807) is 23.7 Å². The van der Waals surface area contributed by atoms with Gasteiger partial charge in [-0.05, 0) is 35.6 Å². The van der Waals surface area contributed by atoms with E-state index >= 15 is 0 Å². The first-order valence-corrected chi connectivity index (χ1v) is 10.4. The van der Waals surface area contributed by atoms with E-state index in [-0.39, 0.29) is 35.0 Å². The lowest BCUT2D eigenvalue weighted by atomic mass is 9.96. The molecular formula is C25H29IN4O. The third-order valence-corrected chi connectivity index (χ3v) is 5.79. The van der Waals surface area contributed by atoms with Crippen molar-refractivity contribution in [2.45, 2.75) is 31.3 Å². The van der Waals surface area contributed by atoms with Crippen molar-refractivity contribution < 1.29 is 0 Å². The monoisotopic (exact) mass is 528 g/mol. The number of hydrogen-bond donors (Lipinski definition) is 2. The van der Waals surface area contributed by atoms with Gasteiger partial charge in [0.2, 0.25) is 0 Å². The van der Waals surface area contributed by atoms with Crippen LogP contribution in [-0.4, -0.2) is 24.1 Å². The van der Waals surface area contributed by atoms with E-state index in [1.807, 2.05) is 12.3 Å². The third kappa shape index (κ3) is 5.97. The van der Waals surface area contributed by atoms with E-state index in [1.165, 1.54) is 24.0 Å². The van der Waals surface area contributed by atoms with Crippen LogP contribution in [0.15, 0.2) is 88.8 Å². The minimum atomic E-state index is 0. The van der Waals surface area contributed by atoms with Crippen molar-refractivity contribution in [2.75, 3.05) is 13.6 Å². The highest BCUT2D eigenvalue weighted by Gasteiger charge is 2.43. The summed E-state index contributed by atoms with van der Waals surface area (Å²) in [5.74, 6) is 0.817. The van der Waals surface area contributed by atoms with Gasteiger partial charge in [0.25, 0.3) is 5.56 Å². The number of hydrogen-bond acceptors (Lipinski definition) is 2. The summed E-state index contributed by atoms with van der Waals surface area (Å²) < 4.78 is 1.71. The molecule has 2 N–H and O–H groups in total. The van der Waals surface area contributed by atoms with Gasteiger partial charge in [-0.15, -0.1) is 24.0 Å². The molecule has 162 valence electrons. The SMILES string of the molecule is CN=C(NCc1ccc(Cn2ccccc2=O)cc1)NCC1(c2ccccc2)CC1.I. The van der Waals surface area contributed by atoms with E-state index in [9.17, 15) is 4.79 Å². The summed E-state index contributed by atoms with van der Waals surface area (Å²) in [5.41, 5.74) is 3.94. The lowest BCUT2D eigenvalue weighted by Crippen LogP contribution is -2.40. The second-order valence-corrected chi connectivity index (χ2v) is 7.91. The normalized spacial score (nSPS) is 14.4. The lowest BCUT2D eigenvalue weighted by molar-refractivity contribution is 0.645. The molecule has 4 rings (SSSR count). The topological polar surface area (TPSA) is 58.4 Å². The molecule has 0 unspecified atom stereocenters. The zero-order chi connectivity index (χ0) is 20.8. The summed E-state index contributed by atoms with van der Waals surface area (Å²) in [5, 5.41) is 6.89. The Labute approximate surface area is 200 Å². The van der Waals surface area contributed by atoms with Crippen LogP contribution in [0.5, 0.6) is 0 Å². The zero-order valence-corrected chi connectivity index (χ0v) is 20.1. The van der Waals surface area contributed by atoms with Gasteiger partial charge in [-0.2, -0.15) is 0 Å². The summed E-state index contributed by atoms with van der Waals surface area (Å²) in [6.07, 6.45) is 4.25. The number of pyridine rings is 1. The number of nitrogens with zero attached hydrogens (tertiary/aromatic N) is 2. The Bertz CT molecular complexity index is 1060. The number of rotatable bonds is 7. The number of benzene rings is 2. The van der Waals surface area contributed by atoms with Gasteiger partial charge in [0.05, 0.1) is 6.54 Å². The van der Waals surface area contributed by atoms with Crippen LogP contribution in [-0.2, 0) is 18.5 Å². The van der Waals surface area contributed by atoms with Crippen molar-refractivity contribution in [3.8, 4) is 0 Å². The summed E-state index contributed by atoms with van der Waals surface area (Å²) in [7, 11) is 1.80. The predicted molar refractivity (Wildman–Crippen MR) is 137 cm³/mol. The summed E-state index contributed by atoms with van der Waals surface area (Å²) >= 11 is 0. The predicted octanol–water partition coefficient (Wildman–Crippen LogP) is 3.91. The number of aliphatic imine (C=N–C) groups is 1. The van der Waals surface area contributed by atoms with Crippen molar-refractivity contribution in [3.63, 3.8) is 0 Å². The fourth-order valence-electron chi connectivity index (χ4n) is 3.72. The van der Waals surface area contributed by atoms with Crippen LogP contribution in [0.4, 0.5) is 0 Å². The van der Waals surface area contributed by atoms with Crippen LogP contribution >= 0.6 is 24.0 Å². The first-order valence-electron chi connectivity index (χ1n) is 10.4. The van der Waals surface area contributed by atoms with E-state index in [0.29, 0.717) is 13.1 Å². The second kappa shape index (κ2) is 10.6. The van der Waals surface area contributed by atoms with E-state index in [4.69, 9.17) is 0 Å². The molecule has 2 aromatic carbocycles. The van der Waals surface area contributed by atoms with E-state index in [0.717, 1.165) is 18.1 Å². The molecule has 0 radical (unpaired) electrons. The van der Waals surface area contributed by atoms with Crippen LogP contribution in [0, 0.1) is 0 Å². The molecule has 0 saturated heterocycles. The quantitative estimate of drug-likeness (QED) is 0.278. The molecule has 5 nitrogen and oxygen atoms in total. The molecular weight excluding hydrogens is 499 g/mol.